The Labute approximate surface area is 169 Å². The highest BCUT2D eigenvalue weighted by Gasteiger charge is 2.33. The van der Waals surface area contributed by atoms with E-state index in [1.54, 1.807) is 18.3 Å². The van der Waals surface area contributed by atoms with Crippen LogP contribution in [0.4, 0.5) is 11.8 Å². The molecule has 29 heavy (non-hydrogen) atoms. The summed E-state index contributed by atoms with van der Waals surface area (Å²) in [5, 5.41) is 0. The lowest BCUT2D eigenvalue weighted by Gasteiger charge is -2.36. The Kier molecular flexibility index (Phi) is 4.59. The molecule has 0 saturated carbocycles. The topological polar surface area (TPSA) is 91.2 Å². The number of anilines is 2. The quantitative estimate of drug-likeness (QED) is 0.705. The first-order valence-corrected chi connectivity index (χ1v) is 11.2. The van der Waals surface area contributed by atoms with Crippen LogP contribution in [-0.2, 0) is 14.8 Å². The maximum absolute atomic E-state index is 12.3. The molecule has 2 aromatic rings. The van der Waals surface area contributed by atoms with Crippen LogP contribution in [0.25, 0.3) is 0 Å². The Morgan fingerprint density at radius 2 is 1.59 bits per heavy atom. The number of sulfonamides is 1. The average Bonchev–Trinajstić information content (AvgIpc) is 3.06. The van der Waals surface area contributed by atoms with E-state index in [0.29, 0.717) is 42.6 Å². The number of hydrogen-bond acceptors (Lipinski definition) is 8. The third-order valence-corrected chi connectivity index (χ3v) is 6.76. The van der Waals surface area contributed by atoms with E-state index in [0.717, 1.165) is 37.9 Å². The van der Waals surface area contributed by atoms with Gasteiger partial charge in [0.15, 0.2) is 5.84 Å². The third-order valence-electron chi connectivity index (χ3n) is 5.44. The number of morpholine rings is 1. The molecular weight excluding hydrogens is 392 g/mol. The molecule has 0 atom stereocenters. The van der Waals surface area contributed by atoms with Crippen molar-refractivity contribution in [2.45, 2.75) is 4.90 Å². The Balaban J connectivity index is 1.30. The van der Waals surface area contributed by atoms with E-state index in [-0.39, 0.29) is 0 Å². The number of benzene rings is 1. The van der Waals surface area contributed by atoms with Crippen molar-refractivity contribution in [3.8, 4) is 0 Å². The fourth-order valence-corrected chi connectivity index (χ4v) is 5.12. The van der Waals surface area contributed by atoms with Crippen LogP contribution in [0.1, 0.15) is 5.56 Å². The number of piperazine rings is 1. The van der Waals surface area contributed by atoms with Gasteiger partial charge in [-0.1, -0.05) is 12.1 Å². The molecule has 10 heteroatoms. The summed E-state index contributed by atoms with van der Waals surface area (Å²) in [5.74, 6) is 2.17. The predicted molar refractivity (Wildman–Crippen MR) is 109 cm³/mol. The van der Waals surface area contributed by atoms with Crippen molar-refractivity contribution in [2.24, 2.45) is 4.40 Å². The second-order valence-corrected chi connectivity index (χ2v) is 8.75. The molecule has 0 unspecified atom stereocenters. The molecule has 5 rings (SSSR count). The van der Waals surface area contributed by atoms with Crippen LogP contribution in [0.5, 0.6) is 0 Å². The summed E-state index contributed by atoms with van der Waals surface area (Å²) in [6.07, 6.45) is 1.80. The molecule has 3 aliphatic rings. The number of fused-ring (bicyclic) bond motifs is 1. The zero-order valence-corrected chi connectivity index (χ0v) is 16.8. The molecule has 0 bridgehead atoms. The molecule has 3 aliphatic heterocycles. The van der Waals surface area contributed by atoms with Gasteiger partial charge in [0.25, 0.3) is 10.0 Å². The first-order valence-electron chi connectivity index (χ1n) is 9.72. The first-order chi connectivity index (χ1) is 14.1. The van der Waals surface area contributed by atoms with Gasteiger partial charge in [-0.15, -0.1) is 4.40 Å². The van der Waals surface area contributed by atoms with Crippen LogP contribution >= 0.6 is 0 Å². The van der Waals surface area contributed by atoms with E-state index in [1.807, 2.05) is 23.1 Å². The number of ether oxygens (including phenoxy) is 1. The van der Waals surface area contributed by atoms with Crippen molar-refractivity contribution >= 4 is 27.6 Å². The lowest BCUT2D eigenvalue weighted by atomic mass is 10.1. The van der Waals surface area contributed by atoms with Crippen LogP contribution in [0.3, 0.4) is 0 Å². The average molecular weight is 414 g/mol. The second-order valence-electron chi connectivity index (χ2n) is 7.17. The van der Waals surface area contributed by atoms with Crippen LogP contribution in [-0.4, -0.2) is 81.6 Å². The monoisotopic (exact) mass is 414 g/mol. The molecule has 9 nitrogen and oxygen atoms in total. The zero-order chi connectivity index (χ0) is 19.8. The van der Waals surface area contributed by atoms with Crippen molar-refractivity contribution in [3.63, 3.8) is 0 Å². The van der Waals surface area contributed by atoms with Gasteiger partial charge in [-0.2, -0.15) is 13.4 Å². The predicted octanol–water partition coefficient (Wildman–Crippen LogP) is 0.584. The molecule has 0 radical (unpaired) electrons. The molecule has 4 heterocycles. The number of nitrogens with zero attached hydrogens (tertiary/aromatic N) is 6. The third kappa shape index (κ3) is 3.42. The minimum Gasteiger partial charge on any atom is -0.378 e. The summed E-state index contributed by atoms with van der Waals surface area (Å²) in [6.45, 7) is 5.81. The summed E-state index contributed by atoms with van der Waals surface area (Å²) in [5.41, 5.74) is 0.692. The van der Waals surface area contributed by atoms with Crippen molar-refractivity contribution in [1.29, 1.82) is 0 Å². The largest absolute Gasteiger partial charge is 0.378 e. The van der Waals surface area contributed by atoms with Crippen LogP contribution in [0.2, 0.25) is 0 Å². The van der Waals surface area contributed by atoms with Crippen molar-refractivity contribution in [2.75, 3.05) is 62.3 Å². The lowest BCUT2D eigenvalue weighted by Crippen LogP contribution is -2.49. The maximum Gasteiger partial charge on any atom is 0.285 e. The number of amidine groups is 1. The minimum atomic E-state index is -3.59. The van der Waals surface area contributed by atoms with E-state index in [4.69, 9.17) is 9.72 Å². The maximum atomic E-state index is 12.3. The summed E-state index contributed by atoms with van der Waals surface area (Å²) in [4.78, 5) is 15.8. The van der Waals surface area contributed by atoms with Gasteiger partial charge in [0.1, 0.15) is 10.7 Å². The van der Waals surface area contributed by atoms with Gasteiger partial charge in [0.05, 0.1) is 13.2 Å². The highest BCUT2D eigenvalue weighted by atomic mass is 32.2. The molecular formula is C19H22N6O3S. The summed E-state index contributed by atoms with van der Waals surface area (Å²) in [7, 11) is -3.59. The van der Waals surface area contributed by atoms with Crippen molar-refractivity contribution in [1.82, 2.24) is 14.9 Å². The smallest absolute Gasteiger partial charge is 0.285 e. The first kappa shape index (κ1) is 18.3. The second kappa shape index (κ2) is 7.27. The standard InChI is InChI=1S/C19H22N6O3S/c26-29(27)16-4-2-1-3-15(16)18(22-29)24-9-7-23(8-10-24)17-5-6-20-19(21-17)25-11-13-28-14-12-25/h1-6H,7-14H2. The SMILES string of the molecule is O=S1(=O)N=C(N2CCN(c3ccnc(N4CCOCC4)n3)CC2)c2ccccc21. The molecule has 0 N–H and O–H groups in total. The number of hydrogen-bond donors (Lipinski definition) is 0. The summed E-state index contributed by atoms with van der Waals surface area (Å²) >= 11 is 0. The zero-order valence-electron chi connectivity index (χ0n) is 15.9. The van der Waals surface area contributed by atoms with E-state index in [2.05, 4.69) is 19.2 Å². The summed E-state index contributed by atoms with van der Waals surface area (Å²) in [6, 6.07) is 8.94. The Hall–Kier alpha value is -2.72. The van der Waals surface area contributed by atoms with Gasteiger partial charge in [-0.05, 0) is 18.2 Å². The lowest BCUT2D eigenvalue weighted by molar-refractivity contribution is 0.122. The normalized spacial score (nSPS) is 21.1. The number of aromatic nitrogens is 2. The van der Waals surface area contributed by atoms with Gasteiger partial charge >= 0.3 is 0 Å². The van der Waals surface area contributed by atoms with E-state index >= 15 is 0 Å². The highest BCUT2D eigenvalue weighted by molar-refractivity contribution is 7.90. The molecule has 0 spiro atoms. The van der Waals surface area contributed by atoms with Gasteiger partial charge in [-0.25, -0.2) is 4.98 Å². The number of rotatable bonds is 2. The highest BCUT2D eigenvalue weighted by Crippen LogP contribution is 2.28. The Morgan fingerprint density at radius 1 is 0.862 bits per heavy atom. The summed E-state index contributed by atoms with van der Waals surface area (Å²) < 4.78 is 34.1. The van der Waals surface area contributed by atoms with Crippen molar-refractivity contribution in [3.05, 3.63) is 42.1 Å². The van der Waals surface area contributed by atoms with Gasteiger partial charge < -0.3 is 19.4 Å². The van der Waals surface area contributed by atoms with Crippen LogP contribution < -0.4 is 9.80 Å². The molecule has 1 aromatic carbocycles. The van der Waals surface area contributed by atoms with E-state index in [1.165, 1.54) is 0 Å². The molecule has 0 aliphatic carbocycles. The van der Waals surface area contributed by atoms with Crippen molar-refractivity contribution < 1.29 is 13.2 Å². The molecule has 152 valence electrons. The molecule has 2 fully saturated rings. The van der Waals surface area contributed by atoms with Crippen LogP contribution in [0.15, 0.2) is 45.8 Å². The Morgan fingerprint density at radius 3 is 2.38 bits per heavy atom. The van der Waals surface area contributed by atoms with Gasteiger partial charge in [0, 0.05) is 51.0 Å². The molecule has 1 aromatic heterocycles. The van der Waals surface area contributed by atoms with Gasteiger partial charge in [0.2, 0.25) is 5.95 Å². The fraction of sp³-hybridized carbons (Fsp3) is 0.421. The minimum absolute atomic E-state index is 0.295. The fourth-order valence-electron chi connectivity index (χ4n) is 3.89. The Bertz CT molecular complexity index is 1040. The van der Waals surface area contributed by atoms with E-state index in [9.17, 15) is 8.42 Å². The van der Waals surface area contributed by atoms with E-state index < -0.39 is 10.0 Å². The van der Waals surface area contributed by atoms with Crippen LogP contribution in [0, 0.1) is 0 Å². The molecule has 0 amide bonds. The molecule has 2 saturated heterocycles. The van der Waals surface area contributed by atoms with Gasteiger partial charge in [-0.3, -0.25) is 0 Å².